The van der Waals surface area contributed by atoms with Gasteiger partial charge in [0.05, 0.1) is 11.2 Å². The number of hydrogen-bond donors (Lipinski definition) is 2. The second kappa shape index (κ2) is 3.53. The highest BCUT2D eigenvalue weighted by atomic mass is 16.9. The Labute approximate surface area is 79.5 Å². The Morgan fingerprint density at radius 3 is 1.08 bits per heavy atom. The molecule has 0 aromatic heterocycles. The van der Waals surface area contributed by atoms with Gasteiger partial charge in [-0.2, -0.15) is 0 Å². The smallest absolute Gasteiger partial charge is 0.319 e. The molecule has 0 aliphatic carbocycles. The van der Waals surface area contributed by atoms with Crippen LogP contribution in [-0.4, -0.2) is 27.6 Å². The molecule has 0 amide bonds. The number of ether oxygens (including phenoxy) is 2. The van der Waals surface area contributed by atoms with Gasteiger partial charge < -0.3 is 10.2 Å². The number of rotatable bonds is 2. The molecule has 4 heteroatoms. The topological polar surface area (TPSA) is 58.9 Å². The van der Waals surface area contributed by atoms with Crippen LogP contribution in [0.2, 0.25) is 0 Å². The lowest BCUT2D eigenvalue weighted by Gasteiger charge is -2.34. The Morgan fingerprint density at radius 2 is 0.923 bits per heavy atom. The van der Waals surface area contributed by atoms with Crippen LogP contribution in [-0.2, 0) is 9.47 Å². The van der Waals surface area contributed by atoms with E-state index < -0.39 is 17.4 Å². The fourth-order valence-corrected chi connectivity index (χ4v) is 0.819. The third kappa shape index (κ3) is 8.18. The molecule has 0 rings (SSSR count). The van der Waals surface area contributed by atoms with Crippen LogP contribution in [0, 0.1) is 0 Å². The maximum absolute atomic E-state index is 9.30. The van der Waals surface area contributed by atoms with Crippen molar-refractivity contribution < 1.29 is 19.7 Å². The molecule has 0 fully saturated rings. The fourth-order valence-electron chi connectivity index (χ4n) is 0.819. The van der Waals surface area contributed by atoms with E-state index >= 15 is 0 Å². The molecule has 0 aromatic rings. The molecule has 0 saturated carbocycles. The molecule has 80 valence electrons. The second-order valence-corrected chi connectivity index (χ2v) is 4.98. The van der Waals surface area contributed by atoms with Crippen LogP contribution < -0.4 is 0 Å². The van der Waals surface area contributed by atoms with Gasteiger partial charge in [0.1, 0.15) is 0 Å². The van der Waals surface area contributed by atoms with Crippen LogP contribution in [0.3, 0.4) is 0 Å². The molecule has 0 atom stereocenters. The number of aliphatic hydroxyl groups is 2. The highest BCUT2D eigenvalue weighted by molar-refractivity contribution is 4.63. The Morgan fingerprint density at radius 1 is 0.692 bits per heavy atom. The largest absolute Gasteiger partial charge is 0.408 e. The Kier molecular flexibility index (Phi) is 3.49. The quantitative estimate of drug-likeness (QED) is 0.646. The van der Waals surface area contributed by atoms with Gasteiger partial charge in [-0.1, -0.05) is 0 Å². The molecule has 2 N–H and O–H groups in total. The van der Waals surface area contributed by atoms with Gasteiger partial charge in [0.15, 0.2) is 0 Å². The van der Waals surface area contributed by atoms with Crippen molar-refractivity contribution in [1.82, 2.24) is 0 Å². The molecule has 0 aromatic carbocycles. The van der Waals surface area contributed by atoms with E-state index in [2.05, 4.69) is 0 Å². The first-order chi connectivity index (χ1) is 5.41. The maximum atomic E-state index is 9.30. The summed E-state index contributed by atoms with van der Waals surface area (Å²) in [5.74, 6) is 0. The van der Waals surface area contributed by atoms with Crippen molar-refractivity contribution in [2.24, 2.45) is 0 Å². The molecular weight excluding hydrogens is 172 g/mol. The Balaban J connectivity index is 4.25. The zero-order chi connectivity index (χ0) is 10.9. The molecule has 0 saturated heterocycles. The van der Waals surface area contributed by atoms with Gasteiger partial charge in [0.25, 0.3) is 0 Å². The van der Waals surface area contributed by atoms with E-state index in [4.69, 9.17) is 9.47 Å². The van der Waals surface area contributed by atoms with Crippen molar-refractivity contribution in [1.29, 1.82) is 0 Å². The Bertz CT molecular complexity index is 143. The maximum Gasteiger partial charge on any atom is 0.408 e. The third-order valence-corrected chi connectivity index (χ3v) is 0.878. The molecule has 0 unspecified atom stereocenters. The predicted octanol–water partition coefficient (Wildman–Crippen LogP) is 1.21. The van der Waals surface area contributed by atoms with Gasteiger partial charge in [0.2, 0.25) is 0 Å². The summed E-state index contributed by atoms with van der Waals surface area (Å²) >= 11 is 0. The van der Waals surface area contributed by atoms with Crippen LogP contribution in [0.25, 0.3) is 0 Å². The van der Waals surface area contributed by atoms with Crippen LogP contribution in [0.1, 0.15) is 41.5 Å². The second-order valence-electron chi connectivity index (χ2n) is 4.98. The first-order valence-corrected chi connectivity index (χ1v) is 4.26. The van der Waals surface area contributed by atoms with Gasteiger partial charge in [-0.15, -0.1) is 0 Å². The van der Waals surface area contributed by atoms with Crippen molar-refractivity contribution >= 4 is 0 Å². The molecule has 0 heterocycles. The highest BCUT2D eigenvalue weighted by Crippen LogP contribution is 2.22. The van der Waals surface area contributed by atoms with E-state index in [1.165, 1.54) is 0 Å². The van der Waals surface area contributed by atoms with Crippen LogP contribution >= 0.6 is 0 Å². The summed E-state index contributed by atoms with van der Waals surface area (Å²) in [6.07, 6.45) is -2.53. The van der Waals surface area contributed by atoms with E-state index in [0.717, 1.165) is 0 Å². The molecule has 13 heavy (non-hydrogen) atoms. The minimum Gasteiger partial charge on any atom is -0.319 e. The van der Waals surface area contributed by atoms with Gasteiger partial charge in [-0.05, 0) is 41.5 Å². The SMILES string of the molecule is CC(C)(C)OC(O)(O)OC(C)(C)C. The average molecular weight is 192 g/mol. The summed E-state index contributed by atoms with van der Waals surface area (Å²) in [4.78, 5) is 0. The summed E-state index contributed by atoms with van der Waals surface area (Å²) in [7, 11) is 0. The lowest BCUT2D eigenvalue weighted by atomic mass is 10.2. The highest BCUT2D eigenvalue weighted by Gasteiger charge is 2.36. The molecule has 0 spiro atoms. The van der Waals surface area contributed by atoms with Crippen molar-refractivity contribution in [3.8, 4) is 0 Å². The summed E-state index contributed by atoms with van der Waals surface area (Å²) < 4.78 is 9.78. The van der Waals surface area contributed by atoms with Gasteiger partial charge in [-0.3, -0.25) is 9.47 Å². The van der Waals surface area contributed by atoms with Crippen LogP contribution in [0.5, 0.6) is 0 Å². The lowest BCUT2D eigenvalue weighted by Crippen LogP contribution is -2.46. The molecule has 4 nitrogen and oxygen atoms in total. The van der Waals surface area contributed by atoms with E-state index in [1.807, 2.05) is 0 Å². The number of hydrogen-bond acceptors (Lipinski definition) is 4. The van der Waals surface area contributed by atoms with Crippen molar-refractivity contribution in [3.63, 3.8) is 0 Å². The molecule has 0 radical (unpaired) electrons. The third-order valence-electron chi connectivity index (χ3n) is 0.878. The van der Waals surface area contributed by atoms with E-state index in [9.17, 15) is 10.2 Å². The Hall–Kier alpha value is -0.160. The first-order valence-electron chi connectivity index (χ1n) is 4.26. The van der Waals surface area contributed by atoms with Crippen molar-refractivity contribution in [2.75, 3.05) is 0 Å². The van der Waals surface area contributed by atoms with E-state index in [0.29, 0.717) is 0 Å². The lowest BCUT2D eigenvalue weighted by molar-refractivity contribution is -0.507. The molecule has 0 aliphatic heterocycles. The molecular formula is C9H20O4. The summed E-state index contributed by atoms with van der Waals surface area (Å²) in [6.45, 7) is 10.3. The monoisotopic (exact) mass is 192 g/mol. The van der Waals surface area contributed by atoms with Crippen LogP contribution in [0.4, 0.5) is 0 Å². The van der Waals surface area contributed by atoms with Crippen molar-refractivity contribution in [2.45, 2.75) is 58.9 Å². The zero-order valence-electron chi connectivity index (χ0n) is 9.21. The van der Waals surface area contributed by atoms with Crippen LogP contribution in [0.15, 0.2) is 0 Å². The molecule has 0 bridgehead atoms. The summed E-state index contributed by atoms with van der Waals surface area (Å²) in [5, 5.41) is 18.6. The minimum atomic E-state index is -2.53. The van der Waals surface area contributed by atoms with E-state index in [-0.39, 0.29) is 0 Å². The van der Waals surface area contributed by atoms with Gasteiger partial charge in [-0.25, -0.2) is 0 Å². The minimum absolute atomic E-state index is 0.672. The fraction of sp³-hybridized carbons (Fsp3) is 1.00. The summed E-state index contributed by atoms with van der Waals surface area (Å²) in [6, 6.07) is 0. The van der Waals surface area contributed by atoms with E-state index in [1.54, 1.807) is 41.5 Å². The standard InChI is InChI=1S/C9H20O4/c1-7(2,3)12-9(10,11)13-8(4,5)6/h10-11H,1-6H3. The predicted molar refractivity (Wildman–Crippen MR) is 48.8 cm³/mol. The zero-order valence-corrected chi connectivity index (χ0v) is 9.21. The average Bonchev–Trinajstić information content (AvgIpc) is 1.43. The van der Waals surface area contributed by atoms with Gasteiger partial charge in [0, 0.05) is 0 Å². The summed E-state index contributed by atoms with van der Waals surface area (Å²) in [5.41, 5.74) is -1.34. The van der Waals surface area contributed by atoms with Crippen molar-refractivity contribution in [3.05, 3.63) is 0 Å². The molecule has 0 aliphatic rings. The first kappa shape index (κ1) is 12.8. The van der Waals surface area contributed by atoms with Gasteiger partial charge >= 0.3 is 6.16 Å². The normalized spacial score (nSPS) is 14.8.